The molecule has 0 aliphatic heterocycles. The summed E-state index contributed by atoms with van der Waals surface area (Å²) in [6, 6.07) is 8.38. The van der Waals surface area contributed by atoms with E-state index < -0.39 is 0 Å². The molecule has 7 heteroatoms. The van der Waals surface area contributed by atoms with Gasteiger partial charge in [-0.2, -0.15) is 5.10 Å². The van der Waals surface area contributed by atoms with Crippen LogP contribution in [0.1, 0.15) is 54.6 Å². The molecule has 1 aliphatic carbocycles. The Morgan fingerprint density at radius 2 is 1.76 bits per heavy atom. The monoisotopic (exact) mass is 511 g/mol. The SMILES string of the molecule is CN=C(NCc1ccc(OC2CCCCC2)cc1)NCc1c(C)nn(C)c1C.I. The van der Waals surface area contributed by atoms with E-state index in [1.807, 2.05) is 18.7 Å². The van der Waals surface area contributed by atoms with Gasteiger partial charge in [0.25, 0.3) is 0 Å². The van der Waals surface area contributed by atoms with E-state index in [4.69, 9.17) is 4.74 Å². The average Bonchev–Trinajstić information content (AvgIpc) is 2.95. The van der Waals surface area contributed by atoms with E-state index in [1.165, 1.54) is 48.9 Å². The highest BCUT2D eigenvalue weighted by molar-refractivity contribution is 14.0. The van der Waals surface area contributed by atoms with Gasteiger partial charge in [-0.25, -0.2) is 0 Å². The largest absolute Gasteiger partial charge is 0.490 e. The standard InChI is InChI=1S/C22H33N5O.HI/c1-16-21(17(2)27(4)26-16)15-25-22(23-3)24-14-18-10-12-20(13-11-18)28-19-8-6-5-7-9-19;/h10-13,19H,5-9,14-15H2,1-4H3,(H2,23,24,25);1H. The van der Waals surface area contributed by atoms with Gasteiger partial charge in [0.15, 0.2) is 5.96 Å². The number of aliphatic imine (C=N–C) groups is 1. The molecule has 6 nitrogen and oxygen atoms in total. The molecule has 1 aromatic carbocycles. The molecule has 29 heavy (non-hydrogen) atoms. The molecule has 0 atom stereocenters. The van der Waals surface area contributed by atoms with Crippen molar-refractivity contribution in [2.24, 2.45) is 12.0 Å². The van der Waals surface area contributed by atoms with Crippen LogP contribution in [0.5, 0.6) is 5.75 Å². The molecule has 0 bridgehead atoms. The van der Waals surface area contributed by atoms with Crippen LogP contribution < -0.4 is 15.4 Å². The third kappa shape index (κ3) is 6.62. The Labute approximate surface area is 191 Å². The van der Waals surface area contributed by atoms with Crippen molar-refractivity contribution in [1.82, 2.24) is 20.4 Å². The van der Waals surface area contributed by atoms with Crippen molar-refractivity contribution in [2.45, 2.75) is 65.1 Å². The maximum Gasteiger partial charge on any atom is 0.191 e. The zero-order valence-electron chi connectivity index (χ0n) is 18.0. The molecule has 1 aliphatic rings. The van der Waals surface area contributed by atoms with Gasteiger partial charge in [-0.1, -0.05) is 18.6 Å². The smallest absolute Gasteiger partial charge is 0.191 e. The predicted molar refractivity (Wildman–Crippen MR) is 129 cm³/mol. The molecule has 1 heterocycles. The fourth-order valence-electron chi connectivity index (χ4n) is 3.71. The number of nitrogens with one attached hydrogen (secondary N) is 2. The lowest BCUT2D eigenvalue weighted by Gasteiger charge is -2.23. The lowest BCUT2D eigenvalue weighted by Crippen LogP contribution is -2.36. The molecular formula is C22H34IN5O. The fourth-order valence-corrected chi connectivity index (χ4v) is 3.71. The summed E-state index contributed by atoms with van der Waals surface area (Å²) >= 11 is 0. The number of halogens is 1. The minimum Gasteiger partial charge on any atom is -0.490 e. The summed E-state index contributed by atoms with van der Waals surface area (Å²) in [6.45, 7) is 5.55. The van der Waals surface area contributed by atoms with Crippen molar-refractivity contribution in [3.63, 3.8) is 0 Å². The highest BCUT2D eigenvalue weighted by Crippen LogP contribution is 2.23. The molecule has 1 aromatic heterocycles. The highest BCUT2D eigenvalue weighted by atomic mass is 127. The van der Waals surface area contributed by atoms with E-state index in [9.17, 15) is 0 Å². The van der Waals surface area contributed by atoms with Crippen molar-refractivity contribution in [3.05, 3.63) is 46.8 Å². The average molecular weight is 511 g/mol. The number of hydrogen-bond acceptors (Lipinski definition) is 3. The summed E-state index contributed by atoms with van der Waals surface area (Å²) in [7, 11) is 3.76. The summed E-state index contributed by atoms with van der Waals surface area (Å²) < 4.78 is 8.02. The van der Waals surface area contributed by atoms with Crippen LogP contribution in [-0.4, -0.2) is 28.9 Å². The molecular weight excluding hydrogens is 477 g/mol. The maximum atomic E-state index is 6.10. The van der Waals surface area contributed by atoms with Crippen molar-refractivity contribution in [2.75, 3.05) is 7.05 Å². The van der Waals surface area contributed by atoms with Gasteiger partial charge in [0.1, 0.15) is 5.75 Å². The van der Waals surface area contributed by atoms with Gasteiger partial charge in [-0.3, -0.25) is 9.67 Å². The third-order valence-corrected chi connectivity index (χ3v) is 5.55. The fraction of sp³-hybridized carbons (Fsp3) is 0.545. The van der Waals surface area contributed by atoms with Crippen molar-refractivity contribution in [1.29, 1.82) is 0 Å². The molecule has 0 spiro atoms. The number of nitrogens with zero attached hydrogens (tertiary/aromatic N) is 3. The summed E-state index contributed by atoms with van der Waals surface area (Å²) in [5.41, 5.74) is 4.65. The third-order valence-electron chi connectivity index (χ3n) is 5.55. The van der Waals surface area contributed by atoms with Crippen LogP contribution in [0, 0.1) is 13.8 Å². The van der Waals surface area contributed by atoms with E-state index >= 15 is 0 Å². The van der Waals surface area contributed by atoms with Crippen LogP contribution in [0.4, 0.5) is 0 Å². The van der Waals surface area contributed by atoms with E-state index in [0.29, 0.717) is 19.2 Å². The molecule has 0 unspecified atom stereocenters. The molecule has 0 amide bonds. The van der Waals surface area contributed by atoms with Gasteiger partial charge in [0.05, 0.1) is 11.8 Å². The molecule has 0 saturated heterocycles. The molecule has 3 rings (SSSR count). The van der Waals surface area contributed by atoms with Gasteiger partial charge in [-0.15, -0.1) is 24.0 Å². The Kier molecular flexibility index (Phi) is 9.26. The number of guanidine groups is 1. The Bertz CT molecular complexity index is 794. The van der Waals surface area contributed by atoms with Crippen molar-refractivity contribution < 1.29 is 4.74 Å². The van der Waals surface area contributed by atoms with E-state index in [-0.39, 0.29) is 24.0 Å². The van der Waals surface area contributed by atoms with Crippen LogP contribution in [0.2, 0.25) is 0 Å². The lowest BCUT2D eigenvalue weighted by molar-refractivity contribution is 0.155. The zero-order chi connectivity index (χ0) is 19.9. The zero-order valence-corrected chi connectivity index (χ0v) is 20.3. The van der Waals surface area contributed by atoms with Gasteiger partial charge in [0, 0.05) is 38.4 Å². The van der Waals surface area contributed by atoms with Gasteiger partial charge in [-0.05, 0) is 57.2 Å². The second-order valence-electron chi connectivity index (χ2n) is 7.57. The van der Waals surface area contributed by atoms with Crippen LogP contribution in [-0.2, 0) is 20.1 Å². The summed E-state index contributed by atoms with van der Waals surface area (Å²) in [4.78, 5) is 4.32. The molecule has 2 aromatic rings. The second-order valence-corrected chi connectivity index (χ2v) is 7.57. The number of hydrogen-bond donors (Lipinski definition) is 2. The number of ether oxygens (including phenoxy) is 1. The topological polar surface area (TPSA) is 63.5 Å². The summed E-state index contributed by atoms with van der Waals surface area (Å²) in [5, 5.41) is 11.2. The molecule has 1 saturated carbocycles. The van der Waals surface area contributed by atoms with Crippen LogP contribution in [0.3, 0.4) is 0 Å². The Morgan fingerprint density at radius 1 is 1.10 bits per heavy atom. The van der Waals surface area contributed by atoms with Crippen molar-refractivity contribution >= 4 is 29.9 Å². The van der Waals surface area contributed by atoms with E-state index in [1.54, 1.807) is 7.05 Å². The van der Waals surface area contributed by atoms with Gasteiger partial charge >= 0.3 is 0 Å². The van der Waals surface area contributed by atoms with Crippen molar-refractivity contribution in [3.8, 4) is 5.75 Å². The van der Waals surface area contributed by atoms with Crippen LogP contribution in [0.25, 0.3) is 0 Å². The molecule has 2 N–H and O–H groups in total. The first kappa shape index (κ1) is 23.5. The number of rotatable bonds is 6. The molecule has 1 fully saturated rings. The summed E-state index contributed by atoms with van der Waals surface area (Å²) in [5.74, 6) is 1.76. The molecule has 0 radical (unpaired) electrons. The predicted octanol–water partition coefficient (Wildman–Crippen LogP) is 4.23. The maximum absolute atomic E-state index is 6.10. The Balaban J connectivity index is 0.00000300. The normalized spacial score (nSPS) is 15.0. The summed E-state index contributed by atoms with van der Waals surface area (Å²) in [6.07, 6.45) is 6.68. The Hall–Kier alpha value is -1.77. The number of aromatic nitrogens is 2. The van der Waals surface area contributed by atoms with Gasteiger partial charge < -0.3 is 15.4 Å². The quantitative estimate of drug-likeness (QED) is 0.346. The lowest BCUT2D eigenvalue weighted by atomic mass is 9.98. The van der Waals surface area contributed by atoms with Crippen LogP contribution >= 0.6 is 24.0 Å². The molecule has 160 valence electrons. The van der Waals surface area contributed by atoms with E-state index in [0.717, 1.165) is 17.4 Å². The highest BCUT2D eigenvalue weighted by Gasteiger charge is 2.14. The first-order valence-corrected chi connectivity index (χ1v) is 10.3. The van der Waals surface area contributed by atoms with Crippen LogP contribution in [0.15, 0.2) is 29.3 Å². The van der Waals surface area contributed by atoms with Gasteiger partial charge in [0.2, 0.25) is 0 Å². The minimum absolute atomic E-state index is 0. The number of aryl methyl sites for hydroxylation is 2. The minimum atomic E-state index is 0. The second kappa shape index (κ2) is 11.4. The first-order chi connectivity index (χ1) is 13.6. The first-order valence-electron chi connectivity index (χ1n) is 10.3. The Morgan fingerprint density at radius 3 is 2.34 bits per heavy atom. The van der Waals surface area contributed by atoms with E-state index in [2.05, 4.69) is 51.9 Å². The number of benzene rings is 1.